The SMILES string of the molecule is Cc1nscc1C(=O)Nc1ccc(OCc2ccccc2)cc1. The predicted molar refractivity (Wildman–Crippen MR) is 92.0 cm³/mol. The van der Waals surface area contributed by atoms with E-state index in [0.29, 0.717) is 12.2 Å². The summed E-state index contributed by atoms with van der Waals surface area (Å²) in [5, 5.41) is 4.61. The minimum absolute atomic E-state index is 0.144. The van der Waals surface area contributed by atoms with Gasteiger partial charge < -0.3 is 10.1 Å². The Balaban J connectivity index is 1.59. The van der Waals surface area contributed by atoms with Gasteiger partial charge in [-0.2, -0.15) is 4.37 Å². The van der Waals surface area contributed by atoms with Gasteiger partial charge in [0.2, 0.25) is 0 Å². The van der Waals surface area contributed by atoms with Gasteiger partial charge in [0.1, 0.15) is 12.4 Å². The molecule has 1 aromatic heterocycles. The van der Waals surface area contributed by atoms with Crippen LogP contribution < -0.4 is 10.1 Å². The van der Waals surface area contributed by atoms with Crippen LogP contribution in [0.4, 0.5) is 5.69 Å². The Morgan fingerprint density at radius 3 is 2.52 bits per heavy atom. The second-order valence-electron chi connectivity index (χ2n) is 5.07. The molecule has 0 radical (unpaired) electrons. The molecule has 0 atom stereocenters. The molecule has 3 rings (SSSR count). The van der Waals surface area contributed by atoms with Crippen molar-refractivity contribution in [1.82, 2.24) is 4.37 Å². The summed E-state index contributed by atoms with van der Waals surface area (Å²) >= 11 is 1.28. The fourth-order valence-corrected chi connectivity index (χ4v) is 2.78. The molecule has 5 heteroatoms. The standard InChI is InChI=1S/C18H16N2O2S/c1-13-17(12-23-20-13)18(21)19-15-7-9-16(10-8-15)22-11-14-5-3-2-4-6-14/h2-10,12H,11H2,1H3,(H,19,21). The van der Waals surface area contributed by atoms with Crippen molar-refractivity contribution in [3.63, 3.8) is 0 Å². The number of ether oxygens (including phenoxy) is 1. The van der Waals surface area contributed by atoms with Gasteiger partial charge in [0, 0.05) is 11.1 Å². The van der Waals surface area contributed by atoms with Gasteiger partial charge in [0.05, 0.1) is 11.3 Å². The molecule has 0 aliphatic heterocycles. The fraction of sp³-hybridized carbons (Fsp3) is 0.111. The average Bonchev–Trinajstić information content (AvgIpc) is 3.01. The fourth-order valence-electron chi connectivity index (χ4n) is 2.08. The summed E-state index contributed by atoms with van der Waals surface area (Å²) in [7, 11) is 0. The van der Waals surface area contributed by atoms with E-state index in [9.17, 15) is 4.79 Å². The van der Waals surface area contributed by atoms with Crippen molar-refractivity contribution in [1.29, 1.82) is 0 Å². The zero-order valence-electron chi connectivity index (χ0n) is 12.7. The number of nitrogens with zero attached hydrogens (tertiary/aromatic N) is 1. The Labute approximate surface area is 138 Å². The Kier molecular flexibility index (Phi) is 4.68. The number of carbonyl (C=O) groups is 1. The van der Waals surface area contributed by atoms with Crippen molar-refractivity contribution in [2.24, 2.45) is 0 Å². The molecule has 0 aliphatic carbocycles. The van der Waals surface area contributed by atoms with E-state index < -0.39 is 0 Å². The summed E-state index contributed by atoms with van der Waals surface area (Å²) in [6.45, 7) is 2.35. The number of aromatic nitrogens is 1. The Bertz CT molecular complexity index is 782. The van der Waals surface area contributed by atoms with Crippen LogP contribution in [-0.4, -0.2) is 10.3 Å². The first kappa shape index (κ1) is 15.2. The number of amides is 1. The molecule has 0 bridgehead atoms. The lowest BCUT2D eigenvalue weighted by Crippen LogP contribution is -2.12. The smallest absolute Gasteiger partial charge is 0.258 e. The van der Waals surface area contributed by atoms with Gasteiger partial charge in [-0.05, 0) is 48.3 Å². The molecule has 1 N–H and O–H groups in total. The number of benzene rings is 2. The number of carbonyl (C=O) groups excluding carboxylic acids is 1. The lowest BCUT2D eigenvalue weighted by atomic mass is 10.2. The summed E-state index contributed by atoms with van der Waals surface area (Å²) in [6, 6.07) is 17.3. The van der Waals surface area contributed by atoms with Crippen LogP contribution in [0.2, 0.25) is 0 Å². The van der Waals surface area contributed by atoms with E-state index in [4.69, 9.17) is 4.74 Å². The first-order valence-electron chi connectivity index (χ1n) is 7.21. The average molecular weight is 324 g/mol. The van der Waals surface area contributed by atoms with Gasteiger partial charge in [-0.1, -0.05) is 30.3 Å². The molecule has 0 fully saturated rings. The van der Waals surface area contributed by atoms with E-state index in [1.807, 2.05) is 61.5 Å². The quantitative estimate of drug-likeness (QED) is 0.762. The van der Waals surface area contributed by atoms with Crippen molar-refractivity contribution in [2.75, 3.05) is 5.32 Å². The molecule has 23 heavy (non-hydrogen) atoms. The van der Waals surface area contributed by atoms with Crippen LogP contribution in [0, 0.1) is 6.92 Å². The zero-order chi connectivity index (χ0) is 16.1. The number of aryl methyl sites for hydroxylation is 1. The van der Waals surface area contributed by atoms with Gasteiger partial charge in [-0.3, -0.25) is 4.79 Å². The number of hydrogen-bond donors (Lipinski definition) is 1. The molecule has 0 aliphatic rings. The Morgan fingerprint density at radius 1 is 1.13 bits per heavy atom. The zero-order valence-corrected chi connectivity index (χ0v) is 13.5. The summed E-state index contributed by atoms with van der Waals surface area (Å²) in [6.07, 6.45) is 0. The van der Waals surface area contributed by atoms with E-state index in [-0.39, 0.29) is 5.91 Å². The molecule has 1 amide bonds. The highest BCUT2D eigenvalue weighted by Gasteiger charge is 2.11. The second-order valence-corrected chi connectivity index (χ2v) is 5.70. The minimum atomic E-state index is -0.144. The third kappa shape index (κ3) is 3.96. The number of nitrogens with one attached hydrogen (secondary N) is 1. The first-order valence-corrected chi connectivity index (χ1v) is 8.05. The van der Waals surface area contributed by atoms with Gasteiger partial charge in [-0.15, -0.1) is 0 Å². The van der Waals surface area contributed by atoms with Crippen molar-refractivity contribution < 1.29 is 9.53 Å². The Morgan fingerprint density at radius 2 is 1.87 bits per heavy atom. The minimum Gasteiger partial charge on any atom is -0.489 e. The molecule has 4 nitrogen and oxygen atoms in total. The van der Waals surface area contributed by atoms with Crippen molar-refractivity contribution in [2.45, 2.75) is 13.5 Å². The Hall–Kier alpha value is -2.66. The van der Waals surface area contributed by atoms with Crippen LogP contribution in [0.5, 0.6) is 5.75 Å². The van der Waals surface area contributed by atoms with Crippen LogP contribution >= 0.6 is 11.5 Å². The van der Waals surface area contributed by atoms with Crippen LogP contribution in [0.3, 0.4) is 0 Å². The molecule has 0 saturated carbocycles. The highest BCUT2D eigenvalue weighted by atomic mass is 32.1. The van der Waals surface area contributed by atoms with E-state index in [0.717, 1.165) is 22.7 Å². The third-order valence-electron chi connectivity index (χ3n) is 3.36. The highest BCUT2D eigenvalue weighted by Crippen LogP contribution is 2.18. The lowest BCUT2D eigenvalue weighted by Gasteiger charge is -2.08. The van der Waals surface area contributed by atoms with Crippen LogP contribution in [0.15, 0.2) is 60.0 Å². The topological polar surface area (TPSA) is 51.2 Å². The number of anilines is 1. The van der Waals surface area contributed by atoms with Crippen molar-refractivity contribution in [3.05, 3.63) is 76.8 Å². The molecular formula is C18H16N2O2S. The molecule has 0 saturated heterocycles. The highest BCUT2D eigenvalue weighted by molar-refractivity contribution is 7.04. The number of hydrogen-bond acceptors (Lipinski definition) is 4. The maximum Gasteiger partial charge on any atom is 0.258 e. The summed E-state index contributed by atoms with van der Waals surface area (Å²) in [5.41, 5.74) is 3.20. The molecule has 0 unspecified atom stereocenters. The van der Waals surface area contributed by atoms with Gasteiger partial charge in [0.15, 0.2) is 0 Å². The normalized spacial score (nSPS) is 10.3. The first-order chi connectivity index (χ1) is 11.2. The van der Waals surface area contributed by atoms with Crippen LogP contribution in [0.25, 0.3) is 0 Å². The maximum absolute atomic E-state index is 12.1. The molecule has 3 aromatic rings. The number of rotatable bonds is 5. The van der Waals surface area contributed by atoms with E-state index >= 15 is 0 Å². The summed E-state index contributed by atoms with van der Waals surface area (Å²) in [5.74, 6) is 0.620. The van der Waals surface area contributed by atoms with Crippen molar-refractivity contribution >= 4 is 23.1 Å². The third-order valence-corrected chi connectivity index (χ3v) is 4.08. The predicted octanol–water partition coefficient (Wildman–Crippen LogP) is 4.28. The van der Waals surface area contributed by atoms with Gasteiger partial charge in [0.25, 0.3) is 5.91 Å². The maximum atomic E-state index is 12.1. The van der Waals surface area contributed by atoms with Crippen LogP contribution in [0.1, 0.15) is 21.6 Å². The van der Waals surface area contributed by atoms with E-state index in [1.54, 1.807) is 5.38 Å². The lowest BCUT2D eigenvalue weighted by molar-refractivity contribution is 0.102. The molecule has 0 spiro atoms. The van der Waals surface area contributed by atoms with Gasteiger partial charge >= 0.3 is 0 Å². The monoisotopic (exact) mass is 324 g/mol. The summed E-state index contributed by atoms with van der Waals surface area (Å²) in [4.78, 5) is 12.1. The molecule has 116 valence electrons. The van der Waals surface area contributed by atoms with Crippen molar-refractivity contribution in [3.8, 4) is 5.75 Å². The molecular weight excluding hydrogens is 308 g/mol. The molecule has 2 aromatic carbocycles. The van der Waals surface area contributed by atoms with E-state index in [2.05, 4.69) is 9.69 Å². The van der Waals surface area contributed by atoms with Crippen LogP contribution in [-0.2, 0) is 6.61 Å². The molecule has 1 heterocycles. The van der Waals surface area contributed by atoms with E-state index in [1.165, 1.54) is 11.5 Å². The van der Waals surface area contributed by atoms with Gasteiger partial charge in [-0.25, -0.2) is 0 Å². The summed E-state index contributed by atoms with van der Waals surface area (Å²) < 4.78 is 9.83. The second kappa shape index (κ2) is 7.07. The largest absolute Gasteiger partial charge is 0.489 e.